The second-order valence-electron chi connectivity index (χ2n) is 6.12. The Morgan fingerprint density at radius 2 is 1.95 bits per heavy atom. The highest BCUT2D eigenvalue weighted by Crippen LogP contribution is 2.30. The Morgan fingerprint density at radius 1 is 1.16 bits per heavy atom. The average Bonchev–Trinajstić information content (AvgIpc) is 2.48. The van der Waals surface area contributed by atoms with Gasteiger partial charge in [0, 0.05) is 6.04 Å². The first-order valence-corrected chi connectivity index (χ1v) is 7.76. The molecule has 1 heterocycles. The Balaban J connectivity index is 1.66. The van der Waals surface area contributed by atoms with Gasteiger partial charge in [0.05, 0.1) is 19.3 Å². The second-order valence-corrected chi connectivity index (χ2v) is 6.12. The Labute approximate surface area is 116 Å². The van der Waals surface area contributed by atoms with E-state index >= 15 is 0 Å². The molecule has 0 saturated heterocycles. The van der Waals surface area contributed by atoms with E-state index in [0.717, 1.165) is 19.1 Å². The summed E-state index contributed by atoms with van der Waals surface area (Å²) in [5.41, 5.74) is 2.79. The van der Waals surface area contributed by atoms with Crippen molar-refractivity contribution < 1.29 is 4.74 Å². The van der Waals surface area contributed by atoms with Crippen LogP contribution >= 0.6 is 0 Å². The summed E-state index contributed by atoms with van der Waals surface area (Å²) in [6.07, 6.45) is 7.04. The van der Waals surface area contributed by atoms with E-state index in [0.29, 0.717) is 12.1 Å². The maximum Gasteiger partial charge on any atom is 0.0721 e. The van der Waals surface area contributed by atoms with Gasteiger partial charge < -0.3 is 10.1 Å². The molecular weight excluding hydrogens is 234 g/mol. The van der Waals surface area contributed by atoms with Gasteiger partial charge in [0.15, 0.2) is 0 Å². The number of benzene rings is 1. The lowest BCUT2D eigenvalue weighted by Crippen LogP contribution is -2.40. The van der Waals surface area contributed by atoms with E-state index in [1.165, 1.54) is 43.2 Å². The molecule has 1 saturated carbocycles. The molecule has 1 aromatic carbocycles. The van der Waals surface area contributed by atoms with Crippen LogP contribution in [0.25, 0.3) is 0 Å². The predicted molar refractivity (Wildman–Crippen MR) is 78.0 cm³/mol. The monoisotopic (exact) mass is 259 g/mol. The molecule has 0 aromatic heterocycles. The van der Waals surface area contributed by atoms with Crippen LogP contribution in [-0.4, -0.2) is 12.6 Å². The highest BCUT2D eigenvalue weighted by molar-refractivity contribution is 5.31. The Morgan fingerprint density at radius 3 is 2.79 bits per heavy atom. The minimum absolute atomic E-state index is 0.377. The molecule has 2 nitrogen and oxygen atoms in total. The topological polar surface area (TPSA) is 21.3 Å². The van der Waals surface area contributed by atoms with Crippen LogP contribution in [0.4, 0.5) is 0 Å². The molecule has 3 rings (SSSR count). The highest BCUT2D eigenvalue weighted by Gasteiger charge is 2.26. The van der Waals surface area contributed by atoms with Gasteiger partial charge in [-0.15, -0.1) is 0 Å². The molecule has 1 aromatic rings. The number of hydrogen-bond donors (Lipinski definition) is 1. The Hall–Kier alpha value is -0.860. The van der Waals surface area contributed by atoms with E-state index in [4.69, 9.17) is 4.74 Å². The molecule has 0 spiro atoms. The third-order valence-electron chi connectivity index (χ3n) is 4.79. The fraction of sp³-hybridized carbons (Fsp3) is 0.647. The molecular formula is C17H25NO. The van der Waals surface area contributed by atoms with E-state index in [-0.39, 0.29) is 0 Å². The number of hydrogen-bond acceptors (Lipinski definition) is 2. The van der Waals surface area contributed by atoms with Crippen LogP contribution in [0.2, 0.25) is 0 Å². The van der Waals surface area contributed by atoms with Crippen molar-refractivity contribution in [2.75, 3.05) is 6.61 Å². The van der Waals surface area contributed by atoms with Crippen LogP contribution in [0.15, 0.2) is 24.3 Å². The number of fused-ring (bicyclic) bond motifs is 1. The molecule has 2 heteroatoms. The predicted octanol–water partition coefficient (Wildman–Crippen LogP) is 3.82. The first-order valence-electron chi connectivity index (χ1n) is 7.76. The van der Waals surface area contributed by atoms with E-state index < -0.39 is 0 Å². The highest BCUT2D eigenvalue weighted by atomic mass is 16.5. The molecule has 2 atom stereocenters. The zero-order valence-corrected chi connectivity index (χ0v) is 11.9. The smallest absolute Gasteiger partial charge is 0.0721 e. The summed E-state index contributed by atoms with van der Waals surface area (Å²) in [5, 5.41) is 3.82. The summed E-state index contributed by atoms with van der Waals surface area (Å²) in [7, 11) is 0. The van der Waals surface area contributed by atoms with Gasteiger partial charge in [0.25, 0.3) is 0 Å². The SMILES string of the molecule is C[C@@H](NC1COCc2ccccc21)C1CCCCC1. The van der Waals surface area contributed by atoms with Crippen molar-refractivity contribution in [2.45, 2.75) is 57.7 Å². The second kappa shape index (κ2) is 6.06. The number of nitrogens with one attached hydrogen (secondary N) is 1. The molecule has 104 valence electrons. The summed E-state index contributed by atoms with van der Waals surface area (Å²) in [6, 6.07) is 9.67. The third-order valence-corrected chi connectivity index (χ3v) is 4.79. The summed E-state index contributed by atoms with van der Waals surface area (Å²) in [5.74, 6) is 0.850. The first-order chi connectivity index (χ1) is 9.34. The van der Waals surface area contributed by atoms with E-state index in [1.54, 1.807) is 0 Å². The van der Waals surface area contributed by atoms with Gasteiger partial charge >= 0.3 is 0 Å². The fourth-order valence-corrected chi connectivity index (χ4v) is 3.61. The van der Waals surface area contributed by atoms with E-state index in [1.807, 2.05) is 0 Å². The maximum absolute atomic E-state index is 5.73. The van der Waals surface area contributed by atoms with Crippen LogP contribution in [0.3, 0.4) is 0 Å². The minimum atomic E-state index is 0.377. The summed E-state index contributed by atoms with van der Waals surface area (Å²) >= 11 is 0. The molecule has 19 heavy (non-hydrogen) atoms. The van der Waals surface area contributed by atoms with Crippen LogP contribution in [-0.2, 0) is 11.3 Å². The molecule has 1 unspecified atom stereocenters. The summed E-state index contributed by atoms with van der Waals surface area (Å²) in [4.78, 5) is 0. The summed E-state index contributed by atoms with van der Waals surface area (Å²) < 4.78 is 5.73. The first kappa shape index (κ1) is 13.1. The minimum Gasteiger partial charge on any atom is -0.375 e. The van der Waals surface area contributed by atoms with Crippen LogP contribution in [0, 0.1) is 5.92 Å². The normalized spacial score (nSPS) is 25.8. The van der Waals surface area contributed by atoms with Gasteiger partial charge in [-0.25, -0.2) is 0 Å². The standard InChI is InChI=1S/C17H25NO/c1-13(14-7-3-2-4-8-14)18-17-12-19-11-15-9-5-6-10-16(15)17/h5-6,9-10,13-14,17-18H,2-4,7-8,11-12H2,1H3/t13-,17?/m1/s1. The number of rotatable bonds is 3. The van der Waals surface area contributed by atoms with Gasteiger partial charge in [-0.1, -0.05) is 43.5 Å². The Kier molecular flexibility index (Phi) is 4.19. The van der Waals surface area contributed by atoms with Crippen molar-refractivity contribution in [3.05, 3.63) is 35.4 Å². The third kappa shape index (κ3) is 3.01. The molecule has 1 aliphatic carbocycles. The lowest BCUT2D eigenvalue weighted by Gasteiger charge is -2.34. The largest absolute Gasteiger partial charge is 0.375 e. The van der Waals surface area contributed by atoms with Gasteiger partial charge in [0.2, 0.25) is 0 Å². The number of ether oxygens (including phenoxy) is 1. The van der Waals surface area contributed by atoms with E-state index in [9.17, 15) is 0 Å². The fourth-order valence-electron chi connectivity index (χ4n) is 3.61. The zero-order chi connectivity index (χ0) is 13.1. The van der Waals surface area contributed by atoms with Gasteiger partial charge in [-0.3, -0.25) is 0 Å². The van der Waals surface area contributed by atoms with Crippen molar-refractivity contribution in [1.82, 2.24) is 5.32 Å². The molecule has 1 N–H and O–H groups in total. The van der Waals surface area contributed by atoms with Crippen LogP contribution in [0.5, 0.6) is 0 Å². The van der Waals surface area contributed by atoms with Crippen LogP contribution < -0.4 is 5.32 Å². The van der Waals surface area contributed by atoms with E-state index in [2.05, 4.69) is 36.5 Å². The van der Waals surface area contributed by atoms with Crippen molar-refractivity contribution in [1.29, 1.82) is 0 Å². The van der Waals surface area contributed by atoms with Gasteiger partial charge in [-0.05, 0) is 36.8 Å². The molecule has 2 aliphatic rings. The van der Waals surface area contributed by atoms with Crippen molar-refractivity contribution in [3.63, 3.8) is 0 Å². The maximum atomic E-state index is 5.73. The quantitative estimate of drug-likeness (QED) is 0.891. The molecule has 0 amide bonds. The molecule has 1 aliphatic heterocycles. The van der Waals surface area contributed by atoms with Crippen molar-refractivity contribution >= 4 is 0 Å². The Bertz CT molecular complexity index is 411. The summed E-state index contributed by atoms with van der Waals surface area (Å²) in [6.45, 7) is 3.94. The van der Waals surface area contributed by atoms with Gasteiger partial charge in [0.1, 0.15) is 0 Å². The zero-order valence-electron chi connectivity index (χ0n) is 11.9. The van der Waals surface area contributed by atoms with Crippen molar-refractivity contribution in [2.24, 2.45) is 5.92 Å². The lowest BCUT2D eigenvalue weighted by atomic mass is 9.84. The molecule has 0 bridgehead atoms. The van der Waals surface area contributed by atoms with Crippen molar-refractivity contribution in [3.8, 4) is 0 Å². The lowest BCUT2D eigenvalue weighted by molar-refractivity contribution is 0.0747. The molecule has 1 fully saturated rings. The average molecular weight is 259 g/mol. The van der Waals surface area contributed by atoms with Crippen LogP contribution in [0.1, 0.15) is 56.2 Å². The molecule has 0 radical (unpaired) electrons. The van der Waals surface area contributed by atoms with Gasteiger partial charge in [-0.2, -0.15) is 0 Å².